The molecule has 5 rings (SSSR count). The van der Waals surface area contributed by atoms with Crippen LogP contribution < -0.4 is 10.0 Å². The lowest BCUT2D eigenvalue weighted by Gasteiger charge is -2.13. The van der Waals surface area contributed by atoms with E-state index in [4.69, 9.17) is 11.6 Å². The molecule has 1 amide bonds. The van der Waals surface area contributed by atoms with E-state index in [0.717, 1.165) is 23.8 Å². The van der Waals surface area contributed by atoms with Crippen molar-refractivity contribution in [3.8, 4) is 0 Å². The molecule has 7 heteroatoms. The third kappa shape index (κ3) is 4.08. The van der Waals surface area contributed by atoms with Crippen molar-refractivity contribution in [2.24, 2.45) is 0 Å². The summed E-state index contributed by atoms with van der Waals surface area (Å²) in [7, 11) is -3.99. The van der Waals surface area contributed by atoms with E-state index in [1.54, 1.807) is 18.2 Å². The molecule has 1 aliphatic carbocycles. The molecule has 0 aromatic heterocycles. The van der Waals surface area contributed by atoms with Crippen LogP contribution >= 0.6 is 11.6 Å². The van der Waals surface area contributed by atoms with Gasteiger partial charge >= 0.3 is 0 Å². The SMILES string of the molecule is Cc1cccc(NS(=O)(=O)c2cc(C(=O)Nc3ccc4c5c(cccc35)CC4)ccc2Cl)c1. The summed E-state index contributed by atoms with van der Waals surface area (Å²) in [5.74, 6) is -0.405. The van der Waals surface area contributed by atoms with Gasteiger partial charge in [0, 0.05) is 22.3 Å². The van der Waals surface area contributed by atoms with Gasteiger partial charge in [-0.15, -0.1) is 0 Å². The van der Waals surface area contributed by atoms with Gasteiger partial charge in [-0.05, 0) is 78.2 Å². The maximum Gasteiger partial charge on any atom is 0.263 e. The Morgan fingerprint density at radius 3 is 2.45 bits per heavy atom. The highest BCUT2D eigenvalue weighted by molar-refractivity contribution is 7.92. The molecule has 4 aromatic rings. The van der Waals surface area contributed by atoms with Crippen LogP contribution in [0.5, 0.6) is 0 Å². The third-order valence-electron chi connectivity index (χ3n) is 5.88. The molecule has 0 radical (unpaired) electrons. The average molecular weight is 477 g/mol. The smallest absolute Gasteiger partial charge is 0.263 e. The number of halogens is 1. The van der Waals surface area contributed by atoms with E-state index in [0.29, 0.717) is 11.4 Å². The van der Waals surface area contributed by atoms with Gasteiger partial charge in [-0.2, -0.15) is 0 Å². The van der Waals surface area contributed by atoms with Gasteiger partial charge in [0.05, 0.1) is 5.02 Å². The van der Waals surface area contributed by atoms with E-state index in [-0.39, 0.29) is 15.5 Å². The van der Waals surface area contributed by atoms with Gasteiger partial charge in [-0.3, -0.25) is 9.52 Å². The quantitative estimate of drug-likeness (QED) is 0.373. The summed E-state index contributed by atoms with van der Waals surface area (Å²) in [5.41, 5.74) is 4.79. The average Bonchev–Trinajstić information content (AvgIpc) is 3.20. The molecule has 0 bridgehead atoms. The largest absolute Gasteiger partial charge is 0.321 e. The second-order valence-electron chi connectivity index (χ2n) is 8.19. The molecule has 0 fully saturated rings. The fraction of sp³-hybridized carbons (Fsp3) is 0.115. The van der Waals surface area contributed by atoms with Gasteiger partial charge in [0.25, 0.3) is 15.9 Å². The minimum Gasteiger partial charge on any atom is -0.321 e. The Kier molecular flexibility index (Phi) is 5.35. The summed E-state index contributed by atoms with van der Waals surface area (Å²) in [6, 6.07) is 21.3. The maximum absolute atomic E-state index is 13.1. The molecule has 0 spiro atoms. The molecule has 5 nitrogen and oxygen atoms in total. The standard InChI is InChI=1S/C26H21ClN2O3S/c1-16-4-2-6-20(14-16)29-33(31,32)24-15-19(10-12-22(24)27)26(30)28-23-13-11-18-9-8-17-5-3-7-21(23)25(17)18/h2-7,10-15,29H,8-9H2,1H3,(H,28,30). The van der Waals surface area contributed by atoms with Crippen LogP contribution in [0.15, 0.2) is 77.7 Å². The monoisotopic (exact) mass is 476 g/mol. The summed E-state index contributed by atoms with van der Waals surface area (Å²) in [4.78, 5) is 12.9. The molecule has 1 aliphatic rings. The predicted molar refractivity (Wildman–Crippen MR) is 133 cm³/mol. The van der Waals surface area contributed by atoms with Crippen molar-refractivity contribution in [1.29, 1.82) is 0 Å². The van der Waals surface area contributed by atoms with Gasteiger partial charge in [-0.25, -0.2) is 8.42 Å². The van der Waals surface area contributed by atoms with Gasteiger partial charge in [-0.1, -0.05) is 48.0 Å². The van der Waals surface area contributed by atoms with Crippen molar-refractivity contribution < 1.29 is 13.2 Å². The minimum atomic E-state index is -3.99. The van der Waals surface area contributed by atoms with Crippen molar-refractivity contribution in [2.75, 3.05) is 10.0 Å². The summed E-state index contributed by atoms with van der Waals surface area (Å²) in [5, 5.41) is 5.16. The molecule has 0 saturated heterocycles. The molecular formula is C26H21ClN2O3S. The van der Waals surface area contributed by atoms with Crippen molar-refractivity contribution in [3.63, 3.8) is 0 Å². The lowest BCUT2D eigenvalue weighted by atomic mass is 10.0. The highest BCUT2D eigenvalue weighted by Gasteiger charge is 2.22. The summed E-state index contributed by atoms with van der Waals surface area (Å²) < 4.78 is 28.5. The van der Waals surface area contributed by atoms with Crippen molar-refractivity contribution in [1.82, 2.24) is 0 Å². The fourth-order valence-electron chi connectivity index (χ4n) is 4.32. The molecule has 0 atom stereocenters. The van der Waals surface area contributed by atoms with Crippen LogP contribution in [-0.4, -0.2) is 14.3 Å². The number of anilines is 2. The first kappa shape index (κ1) is 21.5. The van der Waals surface area contributed by atoms with Gasteiger partial charge in [0.2, 0.25) is 0 Å². The van der Waals surface area contributed by atoms with E-state index in [1.165, 1.54) is 34.7 Å². The first-order chi connectivity index (χ1) is 15.8. The van der Waals surface area contributed by atoms with Crippen LogP contribution in [0, 0.1) is 6.92 Å². The molecule has 0 unspecified atom stereocenters. The zero-order valence-electron chi connectivity index (χ0n) is 17.9. The molecule has 2 N–H and O–H groups in total. The Balaban J connectivity index is 1.46. The molecule has 0 aliphatic heterocycles. The highest BCUT2D eigenvalue weighted by Crippen LogP contribution is 2.35. The number of rotatable bonds is 5. The second kappa shape index (κ2) is 8.21. The minimum absolute atomic E-state index is 0.0389. The van der Waals surface area contributed by atoms with Crippen molar-refractivity contribution in [3.05, 3.63) is 100 Å². The zero-order valence-corrected chi connectivity index (χ0v) is 19.4. The first-order valence-electron chi connectivity index (χ1n) is 10.6. The second-order valence-corrected chi connectivity index (χ2v) is 10.2. The number of hydrogen-bond donors (Lipinski definition) is 2. The maximum atomic E-state index is 13.1. The number of hydrogen-bond acceptors (Lipinski definition) is 3. The topological polar surface area (TPSA) is 75.3 Å². The van der Waals surface area contributed by atoms with Crippen LogP contribution in [0.1, 0.15) is 27.0 Å². The van der Waals surface area contributed by atoms with Crippen LogP contribution in [0.2, 0.25) is 5.02 Å². The van der Waals surface area contributed by atoms with Gasteiger partial charge in [0.15, 0.2) is 0 Å². The Bertz CT molecular complexity index is 1520. The van der Waals surface area contributed by atoms with E-state index >= 15 is 0 Å². The molecule has 4 aromatic carbocycles. The van der Waals surface area contributed by atoms with Crippen molar-refractivity contribution in [2.45, 2.75) is 24.7 Å². The number of amides is 1. The Labute approximate surface area is 197 Å². The lowest BCUT2D eigenvalue weighted by Crippen LogP contribution is -2.16. The highest BCUT2D eigenvalue weighted by atomic mass is 35.5. The zero-order chi connectivity index (χ0) is 23.2. The third-order valence-corrected chi connectivity index (χ3v) is 7.74. The number of carbonyl (C=O) groups is 1. The number of nitrogens with one attached hydrogen (secondary N) is 2. The van der Waals surface area contributed by atoms with Gasteiger partial charge < -0.3 is 5.32 Å². The van der Waals surface area contributed by atoms with E-state index in [1.807, 2.05) is 37.3 Å². The number of benzene rings is 4. The molecule has 0 saturated carbocycles. The number of carbonyl (C=O) groups excluding carboxylic acids is 1. The predicted octanol–water partition coefficient (Wildman–Crippen LogP) is 5.95. The van der Waals surface area contributed by atoms with Crippen molar-refractivity contribution >= 4 is 49.7 Å². The Morgan fingerprint density at radius 2 is 1.67 bits per heavy atom. The summed E-state index contributed by atoms with van der Waals surface area (Å²) >= 11 is 6.21. The van der Waals surface area contributed by atoms with Crippen LogP contribution in [-0.2, 0) is 22.9 Å². The van der Waals surface area contributed by atoms with Gasteiger partial charge in [0.1, 0.15) is 4.90 Å². The van der Waals surface area contributed by atoms with E-state index in [9.17, 15) is 13.2 Å². The van der Waals surface area contributed by atoms with Crippen LogP contribution in [0.25, 0.3) is 10.8 Å². The van der Waals surface area contributed by atoms with Crippen LogP contribution in [0.3, 0.4) is 0 Å². The van der Waals surface area contributed by atoms with E-state index < -0.39 is 15.9 Å². The molecular weight excluding hydrogens is 456 g/mol. The van der Waals surface area contributed by atoms with E-state index in [2.05, 4.69) is 16.1 Å². The number of sulfonamides is 1. The Morgan fingerprint density at radius 1 is 0.909 bits per heavy atom. The normalized spacial score (nSPS) is 12.7. The first-order valence-corrected chi connectivity index (χ1v) is 12.4. The summed E-state index contributed by atoms with van der Waals surface area (Å²) in [6.07, 6.45) is 1.99. The molecule has 33 heavy (non-hydrogen) atoms. The molecule has 0 heterocycles. The van der Waals surface area contributed by atoms with Crippen LogP contribution in [0.4, 0.5) is 11.4 Å². The molecule has 166 valence electrons. The number of aryl methyl sites for hydroxylation is 3. The Hall–Kier alpha value is -3.35. The summed E-state index contributed by atoms with van der Waals surface area (Å²) in [6.45, 7) is 1.87. The lowest BCUT2D eigenvalue weighted by molar-refractivity contribution is 0.102. The fourth-order valence-corrected chi connectivity index (χ4v) is 5.90.